The predicted molar refractivity (Wildman–Crippen MR) is 135 cm³/mol. The Morgan fingerprint density at radius 1 is 0.971 bits per heavy atom. The van der Waals surface area contributed by atoms with E-state index < -0.39 is 15.9 Å². The summed E-state index contributed by atoms with van der Waals surface area (Å²) in [7, 11) is -1.94. The molecule has 0 saturated heterocycles. The van der Waals surface area contributed by atoms with Crippen molar-refractivity contribution in [2.24, 2.45) is 5.10 Å². The second-order valence-electron chi connectivity index (χ2n) is 7.60. The number of hydrogen-bond acceptors (Lipinski definition) is 6. The zero-order valence-electron chi connectivity index (χ0n) is 19.3. The van der Waals surface area contributed by atoms with Gasteiger partial charge in [0.15, 0.2) is 6.61 Å². The fourth-order valence-electron chi connectivity index (χ4n) is 2.89. The molecular weight excluding hydrogens is 468 g/mol. The van der Waals surface area contributed by atoms with Crippen LogP contribution >= 0.6 is 0 Å². The molecule has 0 heterocycles. The van der Waals surface area contributed by atoms with Crippen LogP contribution in [0.1, 0.15) is 21.5 Å². The number of rotatable bonds is 10. The average Bonchev–Trinajstić information content (AvgIpc) is 2.86. The minimum Gasteiger partial charge on any atom is -0.484 e. The van der Waals surface area contributed by atoms with Gasteiger partial charge in [0.2, 0.25) is 10.0 Å². The SMILES string of the molecule is CN(c1ccc(C(=O)N/N=C\c2ccc(OCC(=O)NCc3ccccc3)cc2)cc1)S(C)(=O)=O. The predicted octanol–water partition coefficient (Wildman–Crippen LogP) is 2.54. The lowest BCUT2D eigenvalue weighted by molar-refractivity contribution is -0.123. The van der Waals surface area contributed by atoms with Crippen LogP contribution in [0.25, 0.3) is 0 Å². The van der Waals surface area contributed by atoms with E-state index in [9.17, 15) is 18.0 Å². The number of carbonyl (C=O) groups excluding carboxylic acids is 2. The fourth-order valence-corrected chi connectivity index (χ4v) is 3.40. The number of nitrogens with zero attached hydrogens (tertiary/aromatic N) is 2. The van der Waals surface area contributed by atoms with E-state index in [-0.39, 0.29) is 12.5 Å². The number of anilines is 1. The molecule has 0 spiro atoms. The maximum absolute atomic E-state index is 12.2. The lowest BCUT2D eigenvalue weighted by Gasteiger charge is -2.16. The van der Waals surface area contributed by atoms with Crippen LogP contribution in [0.15, 0.2) is 84.0 Å². The molecule has 9 nitrogen and oxygen atoms in total. The maximum Gasteiger partial charge on any atom is 0.271 e. The smallest absolute Gasteiger partial charge is 0.271 e. The molecule has 3 aromatic rings. The van der Waals surface area contributed by atoms with Gasteiger partial charge < -0.3 is 10.1 Å². The molecule has 0 atom stereocenters. The number of amides is 2. The molecule has 3 aromatic carbocycles. The summed E-state index contributed by atoms with van der Waals surface area (Å²) in [6.45, 7) is 0.334. The Hall–Kier alpha value is -4.18. The summed E-state index contributed by atoms with van der Waals surface area (Å²) in [5, 5.41) is 6.73. The zero-order chi connectivity index (χ0) is 25.3. The van der Waals surface area contributed by atoms with Crippen molar-refractivity contribution in [3.63, 3.8) is 0 Å². The standard InChI is InChI=1S/C25H26N4O5S/c1-29(35(2,32)33)22-12-10-21(11-13-22)25(31)28-27-17-20-8-14-23(15-9-20)34-18-24(30)26-16-19-6-4-3-5-7-19/h3-15,17H,16,18H2,1-2H3,(H,26,30)(H,28,31)/b27-17-. The highest BCUT2D eigenvalue weighted by Gasteiger charge is 2.12. The Morgan fingerprint density at radius 2 is 1.63 bits per heavy atom. The highest BCUT2D eigenvalue weighted by molar-refractivity contribution is 7.92. The second-order valence-corrected chi connectivity index (χ2v) is 9.61. The van der Waals surface area contributed by atoms with E-state index >= 15 is 0 Å². The van der Waals surface area contributed by atoms with Crippen molar-refractivity contribution in [3.8, 4) is 5.75 Å². The van der Waals surface area contributed by atoms with Crippen molar-refractivity contribution >= 4 is 33.7 Å². The first kappa shape index (κ1) is 25.4. The van der Waals surface area contributed by atoms with Crippen molar-refractivity contribution in [1.29, 1.82) is 0 Å². The molecule has 0 unspecified atom stereocenters. The lowest BCUT2D eigenvalue weighted by atomic mass is 10.2. The maximum atomic E-state index is 12.2. The first-order valence-electron chi connectivity index (χ1n) is 10.6. The van der Waals surface area contributed by atoms with Crippen molar-refractivity contribution in [2.45, 2.75) is 6.54 Å². The zero-order valence-corrected chi connectivity index (χ0v) is 20.2. The topological polar surface area (TPSA) is 117 Å². The number of sulfonamides is 1. The Kier molecular flexibility index (Phi) is 8.58. The van der Waals surface area contributed by atoms with Gasteiger partial charge in [-0.3, -0.25) is 13.9 Å². The van der Waals surface area contributed by atoms with Crippen molar-refractivity contribution in [3.05, 3.63) is 95.6 Å². The summed E-state index contributed by atoms with van der Waals surface area (Å²) in [4.78, 5) is 24.2. The lowest BCUT2D eigenvalue weighted by Crippen LogP contribution is -2.28. The van der Waals surface area contributed by atoms with E-state index in [2.05, 4.69) is 15.8 Å². The third-order valence-corrected chi connectivity index (χ3v) is 6.16. The van der Waals surface area contributed by atoms with E-state index in [0.29, 0.717) is 23.5 Å². The molecule has 3 rings (SSSR count). The third kappa shape index (κ3) is 7.97. The van der Waals surface area contributed by atoms with Gasteiger partial charge in [0, 0.05) is 19.2 Å². The van der Waals surface area contributed by atoms with E-state index in [0.717, 1.165) is 21.7 Å². The normalized spacial score (nSPS) is 11.1. The van der Waals surface area contributed by atoms with Gasteiger partial charge in [0.05, 0.1) is 18.2 Å². The van der Waals surface area contributed by atoms with Crippen molar-refractivity contribution in [1.82, 2.24) is 10.7 Å². The van der Waals surface area contributed by atoms with Gasteiger partial charge >= 0.3 is 0 Å². The van der Waals surface area contributed by atoms with Crippen LogP contribution in [-0.4, -0.2) is 46.4 Å². The molecule has 35 heavy (non-hydrogen) atoms. The van der Waals surface area contributed by atoms with Crippen LogP contribution in [0.5, 0.6) is 5.75 Å². The Balaban J connectivity index is 1.44. The molecule has 0 aliphatic rings. The Labute approximate surface area is 204 Å². The monoisotopic (exact) mass is 494 g/mol. The van der Waals surface area contributed by atoms with E-state index in [4.69, 9.17) is 4.74 Å². The summed E-state index contributed by atoms with van der Waals surface area (Å²) in [6.07, 6.45) is 2.57. The molecule has 2 N–H and O–H groups in total. The number of carbonyl (C=O) groups is 2. The molecule has 0 saturated carbocycles. The second kappa shape index (κ2) is 11.8. The van der Waals surface area contributed by atoms with Gasteiger partial charge in [-0.2, -0.15) is 5.10 Å². The summed E-state index contributed by atoms with van der Waals surface area (Å²) < 4.78 is 29.8. The minimum atomic E-state index is -3.38. The van der Waals surface area contributed by atoms with Gasteiger partial charge in [0.1, 0.15) is 5.75 Å². The van der Waals surface area contributed by atoms with Gasteiger partial charge in [-0.25, -0.2) is 13.8 Å². The number of benzene rings is 3. The Morgan fingerprint density at radius 3 is 2.26 bits per heavy atom. The highest BCUT2D eigenvalue weighted by Crippen LogP contribution is 2.16. The quantitative estimate of drug-likeness (QED) is 0.332. The molecule has 0 aliphatic carbocycles. The molecule has 0 bridgehead atoms. The molecule has 0 fully saturated rings. The largest absolute Gasteiger partial charge is 0.484 e. The van der Waals surface area contributed by atoms with E-state index in [1.165, 1.54) is 25.4 Å². The van der Waals surface area contributed by atoms with Gasteiger partial charge in [-0.1, -0.05) is 30.3 Å². The van der Waals surface area contributed by atoms with Crippen LogP contribution in [0.3, 0.4) is 0 Å². The first-order chi connectivity index (χ1) is 16.7. The van der Waals surface area contributed by atoms with E-state index in [1.807, 2.05) is 30.3 Å². The Bertz CT molecular complexity index is 1280. The first-order valence-corrected chi connectivity index (χ1v) is 12.5. The van der Waals surface area contributed by atoms with Crippen LogP contribution < -0.4 is 19.8 Å². The molecule has 2 amide bonds. The molecule has 0 radical (unpaired) electrons. The third-order valence-electron chi connectivity index (χ3n) is 4.95. The summed E-state index contributed by atoms with van der Waals surface area (Å²) in [6, 6.07) is 22.6. The van der Waals surface area contributed by atoms with Crippen LogP contribution in [0, 0.1) is 0 Å². The van der Waals surface area contributed by atoms with Crippen LogP contribution in [-0.2, 0) is 21.4 Å². The van der Waals surface area contributed by atoms with Crippen molar-refractivity contribution in [2.75, 3.05) is 24.2 Å². The van der Waals surface area contributed by atoms with Gasteiger partial charge in [-0.05, 0) is 59.7 Å². The molecule has 10 heteroatoms. The molecule has 182 valence electrons. The average molecular weight is 495 g/mol. The summed E-state index contributed by atoms with van der Waals surface area (Å²) in [5.41, 5.74) is 4.93. The summed E-state index contributed by atoms with van der Waals surface area (Å²) >= 11 is 0. The molecule has 0 aliphatic heterocycles. The highest BCUT2D eigenvalue weighted by atomic mass is 32.2. The van der Waals surface area contributed by atoms with Crippen molar-refractivity contribution < 1.29 is 22.7 Å². The summed E-state index contributed by atoms with van der Waals surface area (Å²) in [5.74, 6) is -0.130. The molecular formula is C25H26N4O5S. The number of nitrogens with one attached hydrogen (secondary N) is 2. The number of ether oxygens (including phenoxy) is 1. The molecule has 0 aromatic heterocycles. The minimum absolute atomic E-state index is 0.102. The van der Waals surface area contributed by atoms with Gasteiger partial charge in [0.25, 0.3) is 11.8 Å². The van der Waals surface area contributed by atoms with E-state index in [1.54, 1.807) is 36.4 Å². The van der Waals surface area contributed by atoms with Gasteiger partial charge in [-0.15, -0.1) is 0 Å². The fraction of sp³-hybridized carbons (Fsp3) is 0.160. The van der Waals surface area contributed by atoms with Crippen LogP contribution in [0.2, 0.25) is 0 Å². The number of hydrazone groups is 1. The number of hydrogen-bond donors (Lipinski definition) is 2. The van der Waals surface area contributed by atoms with Crippen LogP contribution in [0.4, 0.5) is 5.69 Å².